The van der Waals surface area contributed by atoms with E-state index >= 15 is 0 Å². The molecule has 5 rings (SSSR count). The van der Waals surface area contributed by atoms with Gasteiger partial charge < -0.3 is 9.64 Å². The van der Waals surface area contributed by atoms with Crippen molar-refractivity contribution in [3.8, 4) is 5.75 Å². The molecule has 0 saturated carbocycles. The number of benzene rings is 4. The molecule has 0 N–H and O–H groups in total. The van der Waals surface area contributed by atoms with Gasteiger partial charge in [0.2, 0.25) is 0 Å². The number of nitrogens with zero attached hydrogens (tertiary/aromatic N) is 1. The number of carbonyl (C=O) groups excluding carboxylic acids is 1. The molecule has 34 heavy (non-hydrogen) atoms. The highest BCUT2D eigenvalue weighted by atomic mass is 16.5. The molecule has 0 radical (unpaired) electrons. The highest BCUT2D eigenvalue weighted by Gasteiger charge is 2.31. The van der Waals surface area contributed by atoms with E-state index in [0.717, 1.165) is 28.5 Å². The van der Waals surface area contributed by atoms with Gasteiger partial charge in [-0.3, -0.25) is 4.79 Å². The van der Waals surface area contributed by atoms with Gasteiger partial charge in [0.05, 0.1) is 6.04 Å². The standard InChI is InChI=1S/C31H31NO2/c1-31(2,3)25-15-17-27(18-16-25)34-21-26-19-23-10-4-5-11-24(23)20-32(26)30(33)29-14-8-12-22-9-6-7-13-28(22)29/h4-18,26H,19-21H2,1-3H3. The summed E-state index contributed by atoms with van der Waals surface area (Å²) < 4.78 is 6.24. The van der Waals surface area contributed by atoms with Gasteiger partial charge in [0.1, 0.15) is 12.4 Å². The summed E-state index contributed by atoms with van der Waals surface area (Å²) in [6.45, 7) is 7.67. The van der Waals surface area contributed by atoms with Gasteiger partial charge in [0, 0.05) is 12.1 Å². The van der Waals surface area contributed by atoms with Gasteiger partial charge in [-0.05, 0) is 57.5 Å². The third-order valence-electron chi connectivity index (χ3n) is 6.80. The van der Waals surface area contributed by atoms with Crippen LogP contribution in [0.25, 0.3) is 10.8 Å². The van der Waals surface area contributed by atoms with Crippen LogP contribution in [0.3, 0.4) is 0 Å². The van der Waals surface area contributed by atoms with Gasteiger partial charge in [-0.25, -0.2) is 0 Å². The number of amides is 1. The predicted octanol–water partition coefficient (Wildman–Crippen LogP) is 6.78. The van der Waals surface area contributed by atoms with Crippen LogP contribution in [-0.4, -0.2) is 23.5 Å². The first-order chi connectivity index (χ1) is 16.4. The average Bonchev–Trinajstić information content (AvgIpc) is 2.86. The maximum absolute atomic E-state index is 13.9. The molecule has 1 aliphatic heterocycles. The molecule has 1 heterocycles. The molecule has 3 heteroatoms. The third-order valence-corrected chi connectivity index (χ3v) is 6.80. The molecule has 1 atom stereocenters. The SMILES string of the molecule is CC(C)(C)c1ccc(OCC2Cc3ccccc3CN2C(=O)c2cccc3ccccc23)cc1. The quantitative estimate of drug-likeness (QED) is 0.343. The van der Waals surface area contributed by atoms with Crippen molar-refractivity contribution >= 4 is 16.7 Å². The maximum Gasteiger partial charge on any atom is 0.255 e. The fraction of sp³-hybridized carbons (Fsp3) is 0.258. The van der Waals surface area contributed by atoms with Crippen LogP contribution in [0.2, 0.25) is 0 Å². The molecule has 0 bridgehead atoms. The fourth-order valence-electron chi connectivity index (χ4n) is 4.78. The van der Waals surface area contributed by atoms with Crippen molar-refractivity contribution in [3.05, 3.63) is 113 Å². The molecule has 1 aliphatic rings. The van der Waals surface area contributed by atoms with Crippen LogP contribution < -0.4 is 4.74 Å². The van der Waals surface area contributed by atoms with Crippen LogP contribution in [0.4, 0.5) is 0 Å². The molecule has 1 unspecified atom stereocenters. The Morgan fingerprint density at radius 3 is 2.29 bits per heavy atom. The van der Waals surface area contributed by atoms with Crippen molar-refractivity contribution in [2.75, 3.05) is 6.61 Å². The average molecular weight is 450 g/mol. The van der Waals surface area contributed by atoms with E-state index in [-0.39, 0.29) is 17.4 Å². The lowest BCUT2D eigenvalue weighted by Crippen LogP contribution is -2.47. The Labute approximate surface area is 202 Å². The fourth-order valence-corrected chi connectivity index (χ4v) is 4.78. The molecular weight excluding hydrogens is 418 g/mol. The Morgan fingerprint density at radius 1 is 0.853 bits per heavy atom. The van der Waals surface area contributed by atoms with Crippen LogP contribution in [0.5, 0.6) is 5.75 Å². The van der Waals surface area contributed by atoms with E-state index in [1.165, 1.54) is 16.7 Å². The van der Waals surface area contributed by atoms with Crippen molar-refractivity contribution in [1.82, 2.24) is 4.90 Å². The van der Waals surface area contributed by atoms with Crippen molar-refractivity contribution in [2.45, 2.75) is 45.2 Å². The number of hydrogen-bond donors (Lipinski definition) is 0. The van der Waals surface area contributed by atoms with Crippen molar-refractivity contribution in [2.24, 2.45) is 0 Å². The first kappa shape index (κ1) is 22.2. The van der Waals surface area contributed by atoms with Gasteiger partial charge in [-0.15, -0.1) is 0 Å². The third kappa shape index (κ3) is 4.43. The molecule has 0 spiro atoms. The molecule has 1 amide bonds. The monoisotopic (exact) mass is 449 g/mol. The lowest BCUT2D eigenvalue weighted by atomic mass is 9.87. The van der Waals surface area contributed by atoms with Crippen LogP contribution in [-0.2, 0) is 18.4 Å². The van der Waals surface area contributed by atoms with Gasteiger partial charge in [-0.2, -0.15) is 0 Å². The Balaban J connectivity index is 1.42. The molecule has 4 aromatic carbocycles. The zero-order valence-corrected chi connectivity index (χ0v) is 20.1. The summed E-state index contributed by atoms with van der Waals surface area (Å²) in [5, 5.41) is 2.07. The molecule has 3 nitrogen and oxygen atoms in total. The molecule has 0 aliphatic carbocycles. The minimum atomic E-state index is -0.0383. The summed E-state index contributed by atoms with van der Waals surface area (Å²) in [4.78, 5) is 15.9. The van der Waals surface area contributed by atoms with Crippen molar-refractivity contribution in [1.29, 1.82) is 0 Å². The summed E-state index contributed by atoms with van der Waals surface area (Å²) in [6.07, 6.45) is 0.784. The number of hydrogen-bond acceptors (Lipinski definition) is 2. The van der Waals surface area contributed by atoms with E-state index < -0.39 is 0 Å². The van der Waals surface area contributed by atoms with Crippen LogP contribution >= 0.6 is 0 Å². The molecular formula is C31H31NO2. The summed E-state index contributed by atoms with van der Waals surface area (Å²) in [5.74, 6) is 0.896. The van der Waals surface area contributed by atoms with E-state index in [2.05, 4.69) is 63.2 Å². The van der Waals surface area contributed by atoms with Crippen molar-refractivity contribution in [3.63, 3.8) is 0 Å². The second kappa shape index (κ2) is 8.98. The molecule has 0 fully saturated rings. The van der Waals surface area contributed by atoms with Crippen LogP contribution in [0.1, 0.15) is 47.8 Å². The number of rotatable bonds is 4. The zero-order chi connectivity index (χ0) is 23.7. The highest BCUT2D eigenvalue weighted by Crippen LogP contribution is 2.29. The van der Waals surface area contributed by atoms with Gasteiger partial charge >= 0.3 is 0 Å². The van der Waals surface area contributed by atoms with Crippen LogP contribution in [0, 0.1) is 0 Å². The second-order valence-electron chi connectivity index (χ2n) is 10.2. The van der Waals surface area contributed by atoms with Gasteiger partial charge in [0.15, 0.2) is 0 Å². The largest absolute Gasteiger partial charge is 0.491 e. The lowest BCUT2D eigenvalue weighted by molar-refractivity contribution is 0.0568. The summed E-state index contributed by atoms with van der Waals surface area (Å²) >= 11 is 0. The van der Waals surface area contributed by atoms with Gasteiger partial charge in [-0.1, -0.05) is 93.6 Å². The van der Waals surface area contributed by atoms with Crippen LogP contribution in [0.15, 0.2) is 91.0 Å². The topological polar surface area (TPSA) is 29.5 Å². The predicted molar refractivity (Wildman–Crippen MR) is 138 cm³/mol. The number of ether oxygens (including phenoxy) is 1. The molecule has 4 aromatic rings. The summed E-state index contributed by atoms with van der Waals surface area (Å²) in [5.41, 5.74) is 4.63. The molecule has 0 aromatic heterocycles. The summed E-state index contributed by atoms with van der Waals surface area (Å²) in [6, 6.07) is 30.8. The normalized spacial score (nSPS) is 15.7. The van der Waals surface area contributed by atoms with Crippen molar-refractivity contribution < 1.29 is 9.53 Å². The van der Waals surface area contributed by atoms with E-state index in [4.69, 9.17) is 4.74 Å². The maximum atomic E-state index is 13.9. The first-order valence-corrected chi connectivity index (χ1v) is 12.0. The highest BCUT2D eigenvalue weighted by molar-refractivity contribution is 6.07. The Bertz CT molecular complexity index is 1310. The minimum Gasteiger partial charge on any atom is -0.491 e. The van der Waals surface area contributed by atoms with E-state index in [1.54, 1.807) is 0 Å². The zero-order valence-electron chi connectivity index (χ0n) is 20.1. The minimum absolute atomic E-state index is 0.0383. The lowest BCUT2D eigenvalue weighted by Gasteiger charge is -2.37. The molecule has 172 valence electrons. The van der Waals surface area contributed by atoms with Gasteiger partial charge in [0.25, 0.3) is 5.91 Å². The van der Waals surface area contributed by atoms with E-state index in [9.17, 15) is 4.79 Å². The second-order valence-corrected chi connectivity index (χ2v) is 10.2. The Hall–Kier alpha value is -3.59. The smallest absolute Gasteiger partial charge is 0.255 e. The number of fused-ring (bicyclic) bond motifs is 2. The summed E-state index contributed by atoms with van der Waals surface area (Å²) in [7, 11) is 0. The number of carbonyl (C=O) groups is 1. The molecule has 0 saturated heterocycles. The van der Waals surface area contributed by atoms with E-state index in [0.29, 0.717) is 13.2 Å². The van der Waals surface area contributed by atoms with E-state index in [1.807, 2.05) is 53.4 Å². The Kier molecular flexibility index (Phi) is 5.87. The Morgan fingerprint density at radius 2 is 1.53 bits per heavy atom. The first-order valence-electron chi connectivity index (χ1n) is 12.0.